The van der Waals surface area contributed by atoms with Gasteiger partial charge in [-0.3, -0.25) is 9.59 Å². The van der Waals surface area contributed by atoms with Crippen LogP contribution in [0.3, 0.4) is 0 Å². The molecule has 2 aromatic carbocycles. The molecule has 0 aromatic heterocycles. The Morgan fingerprint density at radius 1 is 1.04 bits per heavy atom. The maximum absolute atomic E-state index is 12.8. The van der Waals surface area contributed by atoms with Crippen LogP contribution >= 0.6 is 15.9 Å². The Labute approximate surface area is 151 Å². The van der Waals surface area contributed by atoms with Crippen molar-refractivity contribution in [2.75, 3.05) is 0 Å². The third-order valence-corrected chi connectivity index (χ3v) is 5.42. The topological polar surface area (TPSA) is 34.1 Å². The summed E-state index contributed by atoms with van der Waals surface area (Å²) in [5.41, 5.74) is 1.81. The highest BCUT2D eigenvalue weighted by Crippen LogP contribution is 2.37. The molecule has 0 heterocycles. The van der Waals surface area contributed by atoms with Crippen LogP contribution in [-0.2, 0) is 4.79 Å². The lowest BCUT2D eigenvalue weighted by Crippen LogP contribution is -2.27. The van der Waals surface area contributed by atoms with E-state index in [0.717, 1.165) is 29.3 Å². The number of hydrogen-bond acceptors (Lipinski definition) is 2. The van der Waals surface area contributed by atoms with Crippen molar-refractivity contribution in [2.45, 2.75) is 38.0 Å². The molecule has 124 valence electrons. The fourth-order valence-corrected chi connectivity index (χ4v) is 3.85. The van der Waals surface area contributed by atoms with E-state index in [4.69, 9.17) is 0 Å². The van der Waals surface area contributed by atoms with Gasteiger partial charge in [0.25, 0.3) is 0 Å². The third-order valence-electron chi connectivity index (χ3n) is 4.89. The van der Waals surface area contributed by atoms with E-state index in [1.54, 1.807) is 0 Å². The van der Waals surface area contributed by atoms with Crippen LogP contribution in [0, 0.1) is 5.92 Å². The molecule has 1 saturated carbocycles. The molecule has 0 unspecified atom stereocenters. The molecule has 2 atom stereocenters. The second kappa shape index (κ2) is 7.89. The molecule has 0 bridgehead atoms. The second-order valence-corrected chi connectivity index (χ2v) is 7.39. The highest BCUT2D eigenvalue weighted by atomic mass is 79.9. The highest BCUT2D eigenvalue weighted by Gasteiger charge is 2.32. The van der Waals surface area contributed by atoms with Crippen LogP contribution in [-0.4, -0.2) is 11.6 Å². The van der Waals surface area contributed by atoms with Crippen molar-refractivity contribution in [3.8, 4) is 0 Å². The number of carbonyl (C=O) groups is 2. The van der Waals surface area contributed by atoms with E-state index in [2.05, 4.69) is 15.9 Å². The number of halogens is 1. The van der Waals surface area contributed by atoms with E-state index >= 15 is 0 Å². The Morgan fingerprint density at radius 2 is 1.75 bits per heavy atom. The Morgan fingerprint density at radius 3 is 2.42 bits per heavy atom. The van der Waals surface area contributed by atoms with Crippen molar-refractivity contribution in [1.29, 1.82) is 0 Å². The number of Topliss-reactive ketones (excluding diaryl/α,β-unsaturated/α-hetero) is 2. The summed E-state index contributed by atoms with van der Waals surface area (Å²) in [7, 11) is 0. The van der Waals surface area contributed by atoms with E-state index in [1.165, 1.54) is 0 Å². The largest absolute Gasteiger partial charge is 0.299 e. The predicted octanol–water partition coefficient (Wildman–Crippen LogP) is 5.57. The Kier molecular flexibility index (Phi) is 5.62. The van der Waals surface area contributed by atoms with E-state index in [-0.39, 0.29) is 17.6 Å². The minimum Gasteiger partial charge on any atom is -0.299 e. The molecule has 24 heavy (non-hydrogen) atoms. The molecule has 1 fully saturated rings. The second-order valence-electron chi connectivity index (χ2n) is 6.47. The third kappa shape index (κ3) is 4.02. The van der Waals surface area contributed by atoms with E-state index in [9.17, 15) is 9.59 Å². The summed E-state index contributed by atoms with van der Waals surface area (Å²) in [6, 6.07) is 17.5. The molecule has 2 aromatic rings. The quantitative estimate of drug-likeness (QED) is 0.631. The van der Waals surface area contributed by atoms with E-state index in [0.29, 0.717) is 24.2 Å². The molecule has 3 heteroatoms. The van der Waals surface area contributed by atoms with Crippen molar-refractivity contribution >= 4 is 27.5 Å². The molecule has 1 aliphatic carbocycles. The zero-order chi connectivity index (χ0) is 16.9. The first-order chi connectivity index (χ1) is 11.6. The molecular weight excluding hydrogens is 364 g/mol. The summed E-state index contributed by atoms with van der Waals surface area (Å²) >= 11 is 3.40. The van der Waals surface area contributed by atoms with Crippen LogP contribution in [0.15, 0.2) is 59.1 Å². The summed E-state index contributed by atoms with van der Waals surface area (Å²) in [5.74, 6) is 0.379. The van der Waals surface area contributed by atoms with Gasteiger partial charge in [-0.25, -0.2) is 0 Å². The Bertz CT molecular complexity index is 706. The van der Waals surface area contributed by atoms with Gasteiger partial charge in [-0.2, -0.15) is 0 Å². The standard InChI is InChI=1S/C21H21BrO2/c22-17-12-10-16(11-13-17)21(24)14-19(15-6-2-1-3-7-15)18-8-4-5-9-20(18)23/h1-3,6-7,10-13,18-19H,4-5,8-9,14H2/t18-,19-/m1/s1. The lowest BCUT2D eigenvalue weighted by molar-refractivity contribution is -0.125. The van der Waals surface area contributed by atoms with Gasteiger partial charge in [0, 0.05) is 34.7 Å². The van der Waals surface area contributed by atoms with Crippen molar-refractivity contribution in [1.82, 2.24) is 0 Å². The van der Waals surface area contributed by atoms with Gasteiger partial charge in [-0.05, 0) is 30.5 Å². The van der Waals surface area contributed by atoms with Gasteiger partial charge in [0.05, 0.1) is 0 Å². The van der Waals surface area contributed by atoms with Crippen LogP contribution in [0.4, 0.5) is 0 Å². The maximum Gasteiger partial charge on any atom is 0.163 e. The minimum absolute atomic E-state index is 0.0184. The van der Waals surface area contributed by atoms with Crippen LogP contribution in [0.25, 0.3) is 0 Å². The number of carbonyl (C=O) groups excluding carboxylic acids is 2. The Hall–Kier alpha value is -1.74. The first-order valence-electron chi connectivity index (χ1n) is 8.51. The van der Waals surface area contributed by atoms with E-state index < -0.39 is 0 Å². The summed E-state index contributed by atoms with van der Waals surface area (Å²) in [4.78, 5) is 25.2. The fourth-order valence-electron chi connectivity index (χ4n) is 3.58. The van der Waals surface area contributed by atoms with Crippen molar-refractivity contribution in [2.24, 2.45) is 5.92 Å². The van der Waals surface area contributed by atoms with Crippen LogP contribution in [0.5, 0.6) is 0 Å². The summed E-state index contributed by atoms with van der Waals surface area (Å²) in [6.07, 6.45) is 4.00. The molecule has 1 aliphatic rings. The SMILES string of the molecule is O=C(C[C@H](c1ccccc1)[C@H]1CCCCC1=O)c1ccc(Br)cc1. The molecule has 0 amide bonds. The molecule has 2 nitrogen and oxygen atoms in total. The number of rotatable bonds is 5. The first kappa shape index (κ1) is 17.1. The van der Waals surface area contributed by atoms with Crippen LogP contribution in [0.1, 0.15) is 53.9 Å². The first-order valence-corrected chi connectivity index (χ1v) is 9.31. The molecule has 0 saturated heterocycles. The van der Waals surface area contributed by atoms with Gasteiger partial charge in [0.15, 0.2) is 5.78 Å². The molecule has 0 radical (unpaired) electrons. The lowest BCUT2D eigenvalue weighted by atomic mass is 9.73. The summed E-state index contributed by atoms with van der Waals surface area (Å²) in [6.45, 7) is 0. The van der Waals surface area contributed by atoms with Crippen molar-refractivity contribution in [3.05, 3.63) is 70.2 Å². The van der Waals surface area contributed by atoms with Gasteiger partial charge in [0.1, 0.15) is 5.78 Å². The Balaban J connectivity index is 1.85. The normalized spacial score (nSPS) is 19.0. The molecule has 0 aliphatic heterocycles. The van der Waals surface area contributed by atoms with Gasteiger partial charge < -0.3 is 0 Å². The zero-order valence-electron chi connectivity index (χ0n) is 13.6. The minimum atomic E-state index is -0.0273. The predicted molar refractivity (Wildman–Crippen MR) is 99.2 cm³/mol. The van der Waals surface area contributed by atoms with Gasteiger partial charge in [-0.1, -0.05) is 64.8 Å². The molecule has 0 N–H and O–H groups in total. The maximum atomic E-state index is 12.8. The summed E-state index contributed by atoms with van der Waals surface area (Å²) < 4.78 is 0.959. The fraction of sp³-hybridized carbons (Fsp3) is 0.333. The average Bonchev–Trinajstić information content (AvgIpc) is 2.61. The smallest absolute Gasteiger partial charge is 0.163 e. The van der Waals surface area contributed by atoms with Gasteiger partial charge in [0.2, 0.25) is 0 Å². The monoisotopic (exact) mass is 384 g/mol. The van der Waals surface area contributed by atoms with Gasteiger partial charge >= 0.3 is 0 Å². The van der Waals surface area contributed by atoms with Gasteiger partial charge in [-0.15, -0.1) is 0 Å². The summed E-state index contributed by atoms with van der Waals surface area (Å²) in [5, 5.41) is 0. The molecule has 0 spiro atoms. The molecule has 3 rings (SSSR count). The average molecular weight is 385 g/mol. The number of hydrogen-bond donors (Lipinski definition) is 0. The lowest BCUT2D eigenvalue weighted by Gasteiger charge is -2.29. The van der Waals surface area contributed by atoms with Crippen molar-refractivity contribution in [3.63, 3.8) is 0 Å². The zero-order valence-corrected chi connectivity index (χ0v) is 15.2. The number of ketones is 2. The van der Waals surface area contributed by atoms with E-state index in [1.807, 2.05) is 54.6 Å². The van der Waals surface area contributed by atoms with Crippen LogP contribution in [0.2, 0.25) is 0 Å². The highest BCUT2D eigenvalue weighted by molar-refractivity contribution is 9.10. The van der Waals surface area contributed by atoms with Crippen LogP contribution < -0.4 is 0 Å². The number of benzene rings is 2. The van der Waals surface area contributed by atoms with Crippen molar-refractivity contribution < 1.29 is 9.59 Å². The molecular formula is C21H21BrO2.